The highest BCUT2D eigenvalue weighted by Crippen LogP contribution is 2.17. The van der Waals surface area contributed by atoms with Crippen molar-refractivity contribution in [2.24, 2.45) is 0 Å². The lowest BCUT2D eigenvalue weighted by atomic mass is 10.1. The minimum atomic E-state index is -0.707. The Morgan fingerprint density at radius 3 is 2.19 bits per heavy atom. The maximum Gasteiger partial charge on any atom is 0.314 e. The van der Waals surface area contributed by atoms with E-state index in [9.17, 15) is 9.59 Å². The van der Waals surface area contributed by atoms with Crippen LogP contribution in [0.2, 0.25) is 5.15 Å². The van der Waals surface area contributed by atoms with Crippen LogP contribution in [0, 0.1) is 5.41 Å². The van der Waals surface area contributed by atoms with Gasteiger partial charge in [-0.05, 0) is 37.0 Å². The van der Waals surface area contributed by atoms with E-state index in [4.69, 9.17) is 47.4 Å². The average Bonchev–Trinajstić information content (AvgIpc) is 2.96. The molecule has 16 heteroatoms. The van der Waals surface area contributed by atoms with E-state index in [0.29, 0.717) is 59.3 Å². The van der Waals surface area contributed by atoms with Crippen LogP contribution in [0.15, 0.2) is 24.3 Å². The molecule has 0 atom stereocenters. The van der Waals surface area contributed by atoms with Crippen LogP contribution in [-0.2, 0) is 20.6 Å². The second kappa shape index (κ2) is 20.0. The second-order valence-corrected chi connectivity index (χ2v) is 9.10. The molecule has 42 heavy (non-hydrogen) atoms. The van der Waals surface area contributed by atoms with Crippen molar-refractivity contribution in [3.05, 3.63) is 40.7 Å². The van der Waals surface area contributed by atoms with E-state index >= 15 is 0 Å². The number of urea groups is 1. The van der Waals surface area contributed by atoms with Gasteiger partial charge in [-0.1, -0.05) is 23.7 Å². The Hall–Kier alpha value is -3.92. The number of nitrogens with zero attached hydrogens (tertiary/aromatic N) is 2. The highest BCUT2D eigenvalue weighted by atomic mass is 35.5. The highest BCUT2D eigenvalue weighted by molar-refractivity contribution is 6.31. The maximum absolute atomic E-state index is 12.2. The van der Waals surface area contributed by atoms with Crippen LogP contribution in [0.5, 0.6) is 5.75 Å². The summed E-state index contributed by atoms with van der Waals surface area (Å²) >= 11 is 5.79. The number of ether oxygens (including phenoxy) is 4. The first-order chi connectivity index (χ1) is 20.3. The van der Waals surface area contributed by atoms with E-state index in [-0.39, 0.29) is 34.5 Å². The molecule has 0 spiro atoms. The number of halogens is 1. The van der Waals surface area contributed by atoms with Crippen molar-refractivity contribution in [3.8, 4) is 5.75 Å². The van der Waals surface area contributed by atoms with Crippen molar-refractivity contribution in [2.45, 2.75) is 19.3 Å². The molecule has 0 aliphatic heterocycles. The molecule has 0 fully saturated rings. The highest BCUT2D eigenvalue weighted by Gasteiger charge is 2.17. The molecule has 0 aliphatic carbocycles. The molecule has 3 amide bonds. The summed E-state index contributed by atoms with van der Waals surface area (Å²) in [6.07, 6.45) is 2.51. The number of nitrogens with one attached hydrogen (secondary N) is 5. The van der Waals surface area contributed by atoms with Crippen LogP contribution in [0.3, 0.4) is 0 Å². The molecule has 2 aromatic rings. The zero-order valence-corrected chi connectivity index (χ0v) is 24.4. The van der Waals surface area contributed by atoms with Crippen LogP contribution in [-0.4, -0.2) is 94.3 Å². The van der Waals surface area contributed by atoms with Gasteiger partial charge in [0.25, 0.3) is 5.91 Å². The normalized spacial score (nSPS) is 10.6. The predicted octanol–water partition coefficient (Wildman–Crippen LogP) is 0.929. The summed E-state index contributed by atoms with van der Waals surface area (Å²) in [6.45, 7) is 3.91. The smallest absolute Gasteiger partial charge is 0.314 e. The number of aryl methyl sites for hydroxylation is 1. The molecule has 1 aromatic carbocycles. The van der Waals surface area contributed by atoms with Crippen LogP contribution in [0.25, 0.3) is 0 Å². The topological polar surface area (TPSA) is 221 Å². The summed E-state index contributed by atoms with van der Waals surface area (Å²) in [5.41, 5.74) is 12.1. The number of methoxy groups -OCH3 is 1. The van der Waals surface area contributed by atoms with Crippen LogP contribution >= 0.6 is 11.6 Å². The van der Waals surface area contributed by atoms with Gasteiger partial charge in [-0.3, -0.25) is 15.5 Å². The third-order valence-corrected chi connectivity index (χ3v) is 5.75. The fourth-order valence-corrected chi connectivity index (χ4v) is 3.47. The fraction of sp³-hybridized carbons (Fsp3) is 0.500. The predicted molar refractivity (Wildman–Crippen MR) is 159 cm³/mol. The number of guanidine groups is 1. The molecule has 0 bridgehead atoms. The molecule has 0 unspecified atom stereocenters. The Bertz CT molecular complexity index is 1120. The van der Waals surface area contributed by atoms with E-state index in [1.54, 1.807) is 7.11 Å². The van der Waals surface area contributed by atoms with Gasteiger partial charge in [0.1, 0.15) is 12.4 Å². The fourth-order valence-electron chi connectivity index (χ4n) is 3.35. The molecule has 0 radical (unpaired) electrons. The van der Waals surface area contributed by atoms with Crippen LogP contribution in [0.1, 0.15) is 28.9 Å². The Morgan fingerprint density at radius 1 is 0.857 bits per heavy atom. The van der Waals surface area contributed by atoms with Gasteiger partial charge < -0.3 is 46.4 Å². The van der Waals surface area contributed by atoms with Crippen molar-refractivity contribution >= 4 is 41.1 Å². The van der Waals surface area contributed by atoms with Crippen molar-refractivity contribution in [2.75, 3.05) is 77.9 Å². The molecule has 15 nitrogen and oxygen atoms in total. The summed E-state index contributed by atoms with van der Waals surface area (Å²) in [5.74, 6) is -0.396. The van der Waals surface area contributed by atoms with Gasteiger partial charge in [0.05, 0.1) is 33.0 Å². The minimum Gasteiger partial charge on any atom is -0.491 e. The number of anilines is 2. The number of carbonyl (C=O) groups excluding carboxylic acids is 2. The van der Waals surface area contributed by atoms with Gasteiger partial charge in [0, 0.05) is 26.7 Å². The lowest BCUT2D eigenvalue weighted by molar-refractivity contribution is 0.0725. The van der Waals surface area contributed by atoms with E-state index in [0.717, 1.165) is 30.6 Å². The molecule has 1 aromatic heterocycles. The molecule has 232 valence electrons. The lowest BCUT2D eigenvalue weighted by Gasteiger charge is -2.11. The molecule has 1 heterocycles. The van der Waals surface area contributed by atoms with Gasteiger partial charge in [-0.2, -0.15) is 0 Å². The second-order valence-electron chi connectivity index (χ2n) is 8.74. The van der Waals surface area contributed by atoms with E-state index in [2.05, 4.69) is 31.2 Å². The molecule has 0 saturated heterocycles. The van der Waals surface area contributed by atoms with Gasteiger partial charge in [-0.15, -0.1) is 0 Å². The Kier molecular flexibility index (Phi) is 16.4. The number of hydrogen-bond donors (Lipinski definition) is 7. The number of amides is 3. The third kappa shape index (κ3) is 14.1. The first-order valence-electron chi connectivity index (χ1n) is 13.4. The summed E-state index contributed by atoms with van der Waals surface area (Å²) < 4.78 is 21.3. The van der Waals surface area contributed by atoms with Gasteiger partial charge >= 0.3 is 6.03 Å². The summed E-state index contributed by atoms with van der Waals surface area (Å²) in [4.78, 5) is 31.4. The van der Waals surface area contributed by atoms with E-state index in [1.807, 2.05) is 24.3 Å². The first-order valence-corrected chi connectivity index (χ1v) is 13.8. The molecule has 9 N–H and O–H groups in total. The molecule has 0 aliphatic rings. The van der Waals surface area contributed by atoms with Crippen LogP contribution in [0.4, 0.5) is 16.4 Å². The number of aromatic nitrogens is 2. The van der Waals surface area contributed by atoms with Gasteiger partial charge in [0.2, 0.25) is 0 Å². The SMILES string of the molecule is COCCOCCNC(=O)NCCOCCOc1ccc(CCCCNC(=N)NC(=O)c2nc(Cl)c(N)nc2N)cc1. The Labute approximate surface area is 249 Å². The third-order valence-electron chi connectivity index (χ3n) is 5.47. The monoisotopic (exact) mass is 609 g/mol. The van der Waals surface area contributed by atoms with Crippen molar-refractivity contribution in [3.63, 3.8) is 0 Å². The van der Waals surface area contributed by atoms with Gasteiger partial charge in [0.15, 0.2) is 28.4 Å². The quantitative estimate of drug-likeness (QED) is 0.0674. The van der Waals surface area contributed by atoms with E-state index in [1.165, 1.54) is 0 Å². The minimum absolute atomic E-state index is 0.0765. The number of benzene rings is 1. The Morgan fingerprint density at radius 2 is 1.52 bits per heavy atom. The maximum atomic E-state index is 12.2. The summed E-state index contributed by atoms with van der Waals surface area (Å²) in [5, 5.41) is 18.3. The first kappa shape index (κ1) is 34.3. The molecule has 0 saturated carbocycles. The zero-order chi connectivity index (χ0) is 30.6. The number of nitrogens with two attached hydrogens (primary N) is 2. The van der Waals surface area contributed by atoms with Crippen molar-refractivity contribution in [1.82, 2.24) is 31.2 Å². The van der Waals surface area contributed by atoms with E-state index < -0.39 is 5.91 Å². The number of hydrogen-bond acceptors (Lipinski definition) is 11. The van der Waals surface area contributed by atoms with Crippen molar-refractivity contribution in [1.29, 1.82) is 5.41 Å². The largest absolute Gasteiger partial charge is 0.491 e. The molecular weight excluding hydrogens is 570 g/mol. The molecular formula is C26H40ClN9O6. The number of rotatable bonds is 19. The van der Waals surface area contributed by atoms with Gasteiger partial charge in [-0.25, -0.2) is 14.8 Å². The number of unbranched alkanes of at least 4 members (excludes halogenated alkanes) is 1. The van der Waals surface area contributed by atoms with Crippen molar-refractivity contribution < 1.29 is 28.5 Å². The zero-order valence-electron chi connectivity index (χ0n) is 23.7. The number of carbonyl (C=O) groups is 2. The summed E-state index contributed by atoms with van der Waals surface area (Å²) in [7, 11) is 1.60. The summed E-state index contributed by atoms with van der Waals surface area (Å²) in [6, 6.07) is 7.54. The Balaban J connectivity index is 1.48. The average molecular weight is 610 g/mol. The standard InChI is InChI=1S/C26H40ClN9O6/c1-39-14-15-40-12-10-32-26(38)33-11-13-41-16-17-42-19-7-5-18(6-8-19)4-2-3-9-31-25(30)36-24(37)20-22(28)35-23(29)21(27)34-20/h5-8H,2-4,9-17H2,1H3,(H4,28,29,35)(H2,32,33,38)(H3,30,31,36,37). The lowest BCUT2D eigenvalue weighted by Crippen LogP contribution is -2.41. The molecule has 2 rings (SSSR count). The van der Waals surface area contributed by atoms with Crippen LogP contribution < -0.4 is 37.5 Å². The number of nitrogen functional groups attached to an aromatic ring is 2.